The van der Waals surface area contributed by atoms with Gasteiger partial charge >= 0.3 is 12.1 Å². The van der Waals surface area contributed by atoms with Crippen LogP contribution in [0.15, 0.2) is 48.5 Å². The average Bonchev–Trinajstić information content (AvgIpc) is 2.82. The van der Waals surface area contributed by atoms with Crippen molar-refractivity contribution >= 4 is 34.9 Å². The number of halogens is 6. The van der Waals surface area contributed by atoms with Crippen LogP contribution in [0, 0.1) is 5.82 Å². The van der Waals surface area contributed by atoms with Crippen LogP contribution in [0.1, 0.15) is 22.3 Å². The first-order valence-electron chi connectivity index (χ1n) is 10.7. The molecule has 12 heteroatoms. The molecule has 0 spiro atoms. The van der Waals surface area contributed by atoms with Gasteiger partial charge in [0.1, 0.15) is 24.2 Å². The number of carboxylic acid groups (broad SMARTS) is 1. The third kappa shape index (κ3) is 7.41. The highest BCUT2D eigenvalue weighted by molar-refractivity contribution is 6.37. The molecule has 0 saturated carbocycles. The van der Waals surface area contributed by atoms with E-state index in [1.54, 1.807) is 18.2 Å². The van der Waals surface area contributed by atoms with Gasteiger partial charge in [0.15, 0.2) is 5.75 Å². The Kier molecular flexibility index (Phi) is 9.12. The van der Waals surface area contributed by atoms with Gasteiger partial charge < -0.3 is 25.6 Å². The first kappa shape index (κ1) is 28.4. The standard InChI is InChI=1S/C25H22Cl2F4N2O4/c1-36-16-3-5-22(33-11-13-2-4-20(28)17(6-13)25(29,30)31)15(10-16)12-37-23-18(26)7-14(8-19(23)27)9-21(32)24(34)35/h2-8,10,21,33H,9,11-12,32H2,1H3,(H,34,35). The highest BCUT2D eigenvalue weighted by atomic mass is 35.5. The highest BCUT2D eigenvalue weighted by Crippen LogP contribution is 2.36. The Balaban J connectivity index is 1.79. The number of hydrogen-bond donors (Lipinski definition) is 3. The Hall–Kier alpha value is -3.21. The summed E-state index contributed by atoms with van der Waals surface area (Å²) in [5.41, 5.74) is 6.04. The Morgan fingerprint density at radius 1 is 1.08 bits per heavy atom. The molecular formula is C25H22Cl2F4N2O4. The van der Waals surface area contributed by atoms with E-state index in [1.165, 1.54) is 25.3 Å². The van der Waals surface area contributed by atoms with Gasteiger partial charge in [-0.15, -0.1) is 0 Å². The molecule has 0 aliphatic carbocycles. The number of aliphatic carboxylic acids is 1. The lowest BCUT2D eigenvalue weighted by Gasteiger charge is -2.17. The van der Waals surface area contributed by atoms with Crippen molar-refractivity contribution in [2.45, 2.75) is 31.8 Å². The van der Waals surface area contributed by atoms with Gasteiger partial charge in [-0.2, -0.15) is 13.2 Å². The summed E-state index contributed by atoms with van der Waals surface area (Å²) in [5.74, 6) is -1.86. The summed E-state index contributed by atoms with van der Waals surface area (Å²) in [5, 5.41) is 12.3. The number of ether oxygens (including phenoxy) is 2. The fourth-order valence-electron chi connectivity index (χ4n) is 3.45. The predicted octanol–water partition coefficient (Wildman–Crippen LogP) is 6.31. The summed E-state index contributed by atoms with van der Waals surface area (Å²) in [6.45, 7) is -0.0765. The quantitative estimate of drug-likeness (QED) is 0.252. The third-order valence-corrected chi connectivity index (χ3v) is 5.90. The largest absolute Gasteiger partial charge is 0.497 e. The molecule has 3 aromatic carbocycles. The van der Waals surface area contributed by atoms with Gasteiger partial charge in [0.2, 0.25) is 0 Å². The topological polar surface area (TPSA) is 93.8 Å². The van der Waals surface area contributed by atoms with E-state index in [-0.39, 0.29) is 40.9 Å². The number of methoxy groups -OCH3 is 1. The molecule has 1 atom stereocenters. The van der Waals surface area contributed by atoms with Crippen molar-refractivity contribution in [2.24, 2.45) is 5.73 Å². The molecule has 3 rings (SSSR count). The molecule has 0 radical (unpaired) electrons. The van der Waals surface area contributed by atoms with Crippen molar-refractivity contribution in [3.63, 3.8) is 0 Å². The van der Waals surface area contributed by atoms with E-state index in [1.807, 2.05) is 0 Å². The molecule has 0 aliphatic heterocycles. The summed E-state index contributed by atoms with van der Waals surface area (Å²) in [6.07, 6.45) is -4.80. The minimum Gasteiger partial charge on any atom is -0.497 e. The van der Waals surface area contributed by atoms with E-state index in [0.29, 0.717) is 22.6 Å². The van der Waals surface area contributed by atoms with Crippen LogP contribution in [0.2, 0.25) is 10.0 Å². The van der Waals surface area contributed by atoms with Crippen LogP contribution < -0.4 is 20.5 Å². The number of hydrogen-bond acceptors (Lipinski definition) is 5. The molecule has 0 amide bonds. The second-order valence-corrected chi connectivity index (χ2v) is 8.83. The molecule has 3 aromatic rings. The second-order valence-electron chi connectivity index (χ2n) is 8.01. The van der Waals surface area contributed by atoms with Gasteiger partial charge in [-0.25, -0.2) is 4.39 Å². The van der Waals surface area contributed by atoms with E-state index >= 15 is 0 Å². The van der Waals surface area contributed by atoms with E-state index in [0.717, 1.165) is 12.1 Å². The zero-order valence-electron chi connectivity index (χ0n) is 19.3. The van der Waals surface area contributed by atoms with Crippen LogP contribution in [0.25, 0.3) is 0 Å². The van der Waals surface area contributed by atoms with Gasteiger partial charge in [-0.05, 0) is 60.0 Å². The Labute approximate surface area is 219 Å². The van der Waals surface area contributed by atoms with Crippen molar-refractivity contribution in [2.75, 3.05) is 12.4 Å². The normalized spacial score (nSPS) is 12.2. The Morgan fingerprint density at radius 3 is 2.35 bits per heavy atom. The van der Waals surface area contributed by atoms with Crippen molar-refractivity contribution in [1.29, 1.82) is 0 Å². The number of carbonyl (C=O) groups is 1. The van der Waals surface area contributed by atoms with E-state index in [2.05, 4.69) is 5.32 Å². The van der Waals surface area contributed by atoms with E-state index < -0.39 is 29.6 Å². The van der Waals surface area contributed by atoms with Crippen LogP contribution in [-0.4, -0.2) is 24.2 Å². The van der Waals surface area contributed by atoms with Crippen molar-refractivity contribution < 1.29 is 36.9 Å². The lowest BCUT2D eigenvalue weighted by atomic mass is 10.1. The molecule has 198 valence electrons. The van der Waals surface area contributed by atoms with Crippen LogP contribution in [0.3, 0.4) is 0 Å². The molecule has 0 fully saturated rings. The number of anilines is 1. The third-order valence-electron chi connectivity index (χ3n) is 5.33. The number of nitrogens with two attached hydrogens (primary N) is 1. The van der Waals surface area contributed by atoms with E-state index in [4.69, 9.17) is 43.5 Å². The summed E-state index contributed by atoms with van der Waals surface area (Å²) >= 11 is 12.6. The lowest BCUT2D eigenvalue weighted by Crippen LogP contribution is -2.32. The zero-order chi connectivity index (χ0) is 27.3. The van der Waals surface area contributed by atoms with Crippen LogP contribution >= 0.6 is 23.2 Å². The number of benzene rings is 3. The van der Waals surface area contributed by atoms with Gasteiger partial charge in [-0.3, -0.25) is 4.79 Å². The van der Waals surface area contributed by atoms with Gasteiger partial charge in [0.05, 0.1) is 22.7 Å². The average molecular weight is 561 g/mol. The minimum absolute atomic E-state index is 0.0123. The van der Waals surface area contributed by atoms with Crippen LogP contribution in [0.5, 0.6) is 11.5 Å². The Morgan fingerprint density at radius 2 is 1.76 bits per heavy atom. The minimum atomic E-state index is -4.81. The SMILES string of the molecule is COc1ccc(NCc2ccc(F)c(C(F)(F)F)c2)c(COc2c(Cl)cc(CC(N)C(=O)O)cc2Cl)c1. The number of alkyl halides is 3. The fourth-order valence-corrected chi connectivity index (χ4v) is 4.09. The summed E-state index contributed by atoms with van der Waals surface area (Å²) in [6, 6.07) is 9.63. The van der Waals surface area contributed by atoms with Crippen LogP contribution in [0.4, 0.5) is 23.2 Å². The molecule has 0 aromatic heterocycles. The molecule has 37 heavy (non-hydrogen) atoms. The second kappa shape index (κ2) is 11.9. The smallest absolute Gasteiger partial charge is 0.419 e. The zero-order valence-corrected chi connectivity index (χ0v) is 20.8. The summed E-state index contributed by atoms with van der Waals surface area (Å²) < 4.78 is 63.8. The first-order valence-corrected chi connectivity index (χ1v) is 11.5. The number of rotatable bonds is 10. The molecule has 0 saturated heterocycles. The first-order chi connectivity index (χ1) is 17.4. The van der Waals surface area contributed by atoms with Gasteiger partial charge in [0.25, 0.3) is 0 Å². The van der Waals surface area contributed by atoms with Crippen molar-refractivity contribution in [3.05, 3.63) is 86.6 Å². The number of nitrogens with one attached hydrogen (secondary N) is 1. The lowest BCUT2D eigenvalue weighted by molar-refractivity contribution is -0.140. The van der Waals surface area contributed by atoms with E-state index in [9.17, 15) is 22.4 Å². The maximum absolute atomic E-state index is 13.6. The maximum atomic E-state index is 13.6. The molecular weight excluding hydrogens is 539 g/mol. The predicted molar refractivity (Wildman–Crippen MR) is 132 cm³/mol. The van der Waals surface area contributed by atoms with Gasteiger partial charge in [0, 0.05) is 17.8 Å². The maximum Gasteiger partial charge on any atom is 0.419 e. The van der Waals surface area contributed by atoms with Crippen LogP contribution in [-0.2, 0) is 30.5 Å². The van der Waals surface area contributed by atoms with Gasteiger partial charge in [-0.1, -0.05) is 29.3 Å². The molecule has 4 N–H and O–H groups in total. The molecule has 0 heterocycles. The molecule has 0 aliphatic rings. The number of carboxylic acids is 1. The van der Waals surface area contributed by atoms with Crippen molar-refractivity contribution in [1.82, 2.24) is 0 Å². The Bertz CT molecular complexity index is 1270. The fraction of sp³-hybridized carbons (Fsp3) is 0.240. The monoisotopic (exact) mass is 560 g/mol. The summed E-state index contributed by atoms with van der Waals surface area (Å²) in [7, 11) is 1.47. The summed E-state index contributed by atoms with van der Waals surface area (Å²) in [4.78, 5) is 11.0. The highest BCUT2D eigenvalue weighted by Gasteiger charge is 2.34. The van der Waals surface area contributed by atoms with Crippen molar-refractivity contribution in [3.8, 4) is 11.5 Å². The molecule has 6 nitrogen and oxygen atoms in total. The molecule has 0 bridgehead atoms. The molecule has 1 unspecified atom stereocenters.